The average Bonchev–Trinajstić information content (AvgIpc) is 2.57. The van der Waals surface area contributed by atoms with Gasteiger partial charge in [0.25, 0.3) is 5.91 Å². The largest absolute Gasteiger partial charge is 0.388 e. The number of carbonyl (C=O) groups is 1. The second-order valence-corrected chi connectivity index (χ2v) is 4.70. The molecule has 0 aliphatic carbocycles. The smallest absolute Gasteiger partial charge is 0.269 e. The second-order valence-electron chi connectivity index (χ2n) is 3.92. The molecule has 1 aromatic carbocycles. The highest BCUT2D eigenvalue weighted by molar-refractivity contribution is 6.49. The van der Waals surface area contributed by atoms with Crippen LogP contribution < -0.4 is 5.32 Å². The van der Waals surface area contributed by atoms with Crippen molar-refractivity contribution in [2.45, 2.75) is 12.8 Å². The van der Waals surface area contributed by atoms with E-state index in [9.17, 15) is 9.90 Å². The van der Waals surface area contributed by atoms with Crippen molar-refractivity contribution in [1.82, 2.24) is 4.90 Å². The van der Waals surface area contributed by atoms with Crippen LogP contribution in [0.15, 0.2) is 34.3 Å². The number of carbonyl (C=O) groups excluding carboxylic acids is 1. The van der Waals surface area contributed by atoms with Gasteiger partial charge >= 0.3 is 0 Å². The van der Waals surface area contributed by atoms with Gasteiger partial charge in [0.15, 0.2) is 6.23 Å². The molecule has 0 fully saturated rings. The van der Waals surface area contributed by atoms with Crippen molar-refractivity contribution in [3.63, 3.8) is 0 Å². The van der Waals surface area contributed by atoms with Gasteiger partial charge in [0.1, 0.15) is 5.03 Å². The summed E-state index contributed by atoms with van der Waals surface area (Å²) >= 11 is 11.5. The number of anilines is 1. The Morgan fingerprint density at radius 2 is 2.17 bits per heavy atom. The second kappa shape index (κ2) is 5.18. The molecule has 2 rings (SSSR count). The lowest BCUT2D eigenvalue weighted by molar-refractivity contribution is -0.132. The number of aliphatic hydroxyl groups excluding tert-OH is 1. The Bertz CT molecular complexity index is 517. The highest BCUT2D eigenvalue weighted by Gasteiger charge is 2.36. The topological polar surface area (TPSA) is 52.6 Å². The third-order valence-electron chi connectivity index (χ3n) is 2.75. The third-order valence-corrected chi connectivity index (χ3v) is 3.59. The normalized spacial score (nSPS) is 19.7. The molecule has 96 valence electrons. The Kier molecular flexibility index (Phi) is 3.80. The molecule has 1 aliphatic rings. The van der Waals surface area contributed by atoms with Crippen LogP contribution in [0.4, 0.5) is 5.69 Å². The quantitative estimate of drug-likeness (QED) is 0.895. The molecule has 0 saturated heterocycles. The van der Waals surface area contributed by atoms with Crippen molar-refractivity contribution in [2.24, 2.45) is 0 Å². The molecule has 4 nitrogen and oxygen atoms in total. The molecule has 1 amide bonds. The molecule has 18 heavy (non-hydrogen) atoms. The summed E-state index contributed by atoms with van der Waals surface area (Å²) in [6.07, 6.45) is -1.16. The number of halogens is 2. The molecule has 1 unspecified atom stereocenters. The number of hydrogen-bond donors (Lipinski definition) is 2. The minimum atomic E-state index is -1.16. The zero-order valence-electron chi connectivity index (χ0n) is 9.65. The van der Waals surface area contributed by atoms with Gasteiger partial charge < -0.3 is 15.3 Å². The summed E-state index contributed by atoms with van der Waals surface area (Å²) in [6.45, 7) is 0.252. The van der Waals surface area contributed by atoms with Gasteiger partial charge in [0, 0.05) is 19.3 Å². The lowest BCUT2D eigenvalue weighted by Gasteiger charge is -2.21. The highest BCUT2D eigenvalue weighted by atomic mass is 35.5. The van der Waals surface area contributed by atoms with Gasteiger partial charge in [-0.1, -0.05) is 35.3 Å². The summed E-state index contributed by atoms with van der Waals surface area (Å²) < 4.78 is 0. The Hall–Kier alpha value is -1.23. The molecular weight excluding hydrogens is 275 g/mol. The van der Waals surface area contributed by atoms with Crippen molar-refractivity contribution in [3.8, 4) is 0 Å². The molecule has 1 aromatic rings. The van der Waals surface area contributed by atoms with Gasteiger partial charge in [-0.15, -0.1) is 0 Å². The van der Waals surface area contributed by atoms with E-state index in [1.165, 1.54) is 4.90 Å². The number of rotatable bonds is 3. The summed E-state index contributed by atoms with van der Waals surface area (Å²) in [4.78, 5) is 13.0. The standard InChI is InChI=1S/C12H12Cl2N2O2/c1-15-8-4-2-3-7(5-8)6-16-11(17)9(13)10(14)12(16)18/h2-5,11,15,17H,6H2,1H3. The maximum atomic E-state index is 11.8. The minimum absolute atomic E-state index is 0.0218. The van der Waals surface area contributed by atoms with E-state index in [0.29, 0.717) is 0 Å². The van der Waals surface area contributed by atoms with E-state index in [4.69, 9.17) is 23.2 Å². The number of hydrogen-bond acceptors (Lipinski definition) is 3. The fraction of sp³-hybridized carbons (Fsp3) is 0.250. The van der Waals surface area contributed by atoms with Crippen molar-refractivity contribution in [3.05, 3.63) is 39.9 Å². The number of benzene rings is 1. The van der Waals surface area contributed by atoms with E-state index < -0.39 is 12.1 Å². The zero-order chi connectivity index (χ0) is 13.3. The van der Waals surface area contributed by atoms with Crippen LogP contribution in [0.3, 0.4) is 0 Å². The molecule has 1 heterocycles. The fourth-order valence-corrected chi connectivity index (χ4v) is 2.17. The number of nitrogens with one attached hydrogen (secondary N) is 1. The monoisotopic (exact) mass is 286 g/mol. The summed E-state index contributed by atoms with van der Waals surface area (Å²) in [5.41, 5.74) is 1.81. The first-order chi connectivity index (χ1) is 8.54. The molecule has 2 N–H and O–H groups in total. The van der Waals surface area contributed by atoms with Crippen LogP contribution in [0.2, 0.25) is 0 Å². The molecule has 0 saturated carbocycles. The van der Waals surface area contributed by atoms with Gasteiger partial charge in [-0.05, 0) is 17.7 Å². The first kappa shape index (κ1) is 13.2. The van der Waals surface area contributed by atoms with Crippen molar-refractivity contribution in [2.75, 3.05) is 12.4 Å². The average molecular weight is 287 g/mol. The molecule has 0 aromatic heterocycles. The summed E-state index contributed by atoms with van der Waals surface area (Å²) in [5.74, 6) is -0.455. The maximum absolute atomic E-state index is 11.8. The fourth-order valence-electron chi connectivity index (χ4n) is 1.77. The van der Waals surface area contributed by atoms with Gasteiger partial charge in [-0.25, -0.2) is 0 Å². The summed E-state index contributed by atoms with van der Waals surface area (Å²) in [5, 5.41) is 12.7. The predicted octanol–water partition coefficient (Wildman–Crippen LogP) is 2.08. The first-order valence-electron chi connectivity index (χ1n) is 5.35. The van der Waals surface area contributed by atoms with Crippen molar-refractivity contribution >= 4 is 34.8 Å². The molecule has 6 heteroatoms. The summed E-state index contributed by atoms with van der Waals surface area (Å²) in [6, 6.07) is 7.52. The van der Waals surface area contributed by atoms with E-state index in [-0.39, 0.29) is 16.6 Å². The molecule has 1 aliphatic heterocycles. The Labute approximate surface area is 115 Å². The molecule has 0 bridgehead atoms. The Morgan fingerprint density at radius 1 is 1.44 bits per heavy atom. The van der Waals surface area contributed by atoms with E-state index in [2.05, 4.69) is 5.32 Å². The van der Waals surface area contributed by atoms with E-state index in [1.807, 2.05) is 31.3 Å². The van der Waals surface area contributed by atoms with Crippen molar-refractivity contribution < 1.29 is 9.90 Å². The van der Waals surface area contributed by atoms with Gasteiger partial charge in [0.2, 0.25) is 0 Å². The minimum Gasteiger partial charge on any atom is -0.388 e. The predicted molar refractivity (Wildman–Crippen MR) is 71.3 cm³/mol. The lowest BCUT2D eigenvalue weighted by atomic mass is 10.2. The van der Waals surface area contributed by atoms with Crippen LogP contribution in [0.25, 0.3) is 0 Å². The first-order valence-corrected chi connectivity index (χ1v) is 6.11. The lowest BCUT2D eigenvalue weighted by Crippen LogP contribution is -2.34. The van der Waals surface area contributed by atoms with Crippen LogP contribution >= 0.6 is 23.2 Å². The number of amides is 1. The molecule has 1 atom stereocenters. The zero-order valence-corrected chi connectivity index (χ0v) is 11.2. The Balaban J connectivity index is 2.18. The van der Waals surface area contributed by atoms with Crippen molar-refractivity contribution in [1.29, 1.82) is 0 Å². The van der Waals surface area contributed by atoms with E-state index in [1.54, 1.807) is 0 Å². The van der Waals surface area contributed by atoms with Crippen LogP contribution in [-0.4, -0.2) is 29.2 Å². The van der Waals surface area contributed by atoms with E-state index in [0.717, 1.165) is 11.3 Å². The van der Waals surface area contributed by atoms with Gasteiger partial charge in [-0.3, -0.25) is 4.79 Å². The molecule has 0 radical (unpaired) electrons. The molecule has 0 spiro atoms. The summed E-state index contributed by atoms with van der Waals surface area (Å²) in [7, 11) is 1.81. The van der Waals surface area contributed by atoms with Crippen LogP contribution in [0.1, 0.15) is 5.56 Å². The maximum Gasteiger partial charge on any atom is 0.269 e. The van der Waals surface area contributed by atoms with Gasteiger partial charge in [-0.2, -0.15) is 0 Å². The third kappa shape index (κ3) is 2.32. The van der Waals surface area contributed by atoms with Crippen LogP contribution in [0, 0.1) is 0 Å². The van der Waals surface area contributed by atoms with Gasteiger partial charge in [0.05, 0.1) is 5.03 Å². The van der Waals surface area contributed by atoms with E-state index >= 15 is 0 Å². The molecular formula is C12H12Cl2N2O2. The number of aliphatic hydroxyl groups is 1. The van der Waals surface area contributed by atoms with Crippen LogP contribution in [0.5, 0.6) is 0 Å². The Morgan fingerprint density at radius 3 is 2.72 bits per heavy atom. The van der Waals surface area contributed by atoms with Crippen LogP contribution in [-0.2, 0) is 11.3 Å². The SMILES string of the molecule is CNc1cccc(CN2C(=O)C(Cl)=C(Cl)C2O)c1. The highest BCUT2D eigenvalue weighted by Crippen LogP contribution is 2.31. The number of nitrogens with zero attached hydrogens (tertiary/aromatic N) is 1.